The molecule has 35 heavy (non-hydrogen) atoms. The Morgan fingerprint density at radius 3 is 2.66 bits per heavy atom. The molecule has 1 saturated heterocycles. The number of hydrogen-bond donors (Lipinski definition) is 2. The Labute approximate surface area is 209 Å². The van der Waals surface area contributed by atoms with Crippen LogP contribution in [0.1, 0.15) is 38.4 Å². The van der Waals surface area contributed by atoms with Crippen LogP contribution in [0.5, 0.6) is 0 Å². The molecule has 0 atom stereocenters. The number of amides is 2. The summed E-state index contributed by atoms with van der Waals surface area (Å²) in [6, 6.07) is 1.73. The Kier molecular flexibility index (Phi) is 5.81. The van der Waals surface area contributed by atoms with Gasteiger partial charge in [-0.15, -0.1) is 11.3 Å². The molecule has 0 spiro atoms. The average Bonchev–Trinajstić information content (AvgIpc) is 3.36. The number of rotatable bonds is 6. The first-order chi connectivity index (χ1) is 16.7. The number of aryl methyl sites for hydroxylation is 2. The fraction of sp³-hybridized carbons (Fsp3) is 0.333. The van der Waals surface area contributed by atoms with Crippen LogP contribution in [0, 0.1) is 19.3 Å². The van der Waals surface area contributed by atoms with E-state index in [1.807, 2.05) is 13.1 Å². The van der Waals surface area contributed by atoms with Crippen molar-refractivity contribution in [2.24, 2.45) is 5.41 Å². The average molecular weight is 495 g/mol. The van der Waals surface area contributed by atoms with Gasteiger partial charge in [0.05, 0.1) is 46.4 Å². The molecule has 0 saturated carbocycles. The van der Waals surface area contributed by atoms with Gasteiger partial charge in [-0.05, 0) is 25.3 Å². The zero-order valence-corrected chi connectivity index (χ0v) is 20.8. The van der Waals surface area contributed by atoms with Crippen molar-refractivity contribution < 1.29 is 12.4 Å². The SMILES string of the molecule is Cc1ncc(NC(=O)CN2CC(C)(C)C2)cc1NC(=O)c1cnn2cc(-c3cncnc3C)sc12.[HH].[HH]. The van der Waals surface area contributed by atoms with Gasteiger partial charge in [-0.3, -0.25) is 19.5 Å². The van der Waals surface area contributed by atoms with Crippen molar-refractivity contribution in [2.45, 2.75) is 27.7 Å². The number of anilines is 2. The van der Waals surface area contributed by atoms with E-state index < -0.39 is 0 Å². The zero-order valence-electron chi connectivity index (χ0n) is 20.0. The predicted octanol–water partition coefficient (Wildman–Crippen LogP) is 3.89. The van der Waals surface area contributed by atoms with Gasteiger partial charge in [0.25, 0.3) is 5.91 Å². The second-order valence-electron chi connectivity index (χ2n) is 9.59. The van der Waals surface area contributed by atoms with Crippen LogP contribution in [-0.2, 0) is 4.79 Å². The van der Waals surface area contributed by atoms with Gasteiger partial charge < -0.3 is 10.6 Å². The maximum Gasteiger partial charge on any atom is 0.260 e. The van der Waals surface area contributed by atoms with E-state index >= 15 is 0 Å². The summed E-state index contributed by atoms with van der Waals surface area (Å²) in [5, 5.41) is 10.1. The normalized spacial score (nSPS) is 15.1. The number of carbonyl (C=O) groups is 2. The highest BCUT2D eigenvalue weighted by atomic mass is 32.1. The third-order valence-corrected chi connectivity index (χ3v) is 7.05. The van der Waals surface area contributed by atoms with E-state index in [0.29, 0.717) is 34.0 Å². The lowest BCUT2D eigenvalue weighted by Crippen LogP contribution is -2.54. The molecule has 1 aliphatic rings. The first-order valence-electron chi connectivity index (χ1n) is 11.2. The Hall–Kier alpha value is -3.70. The van der Waals surface area contributed by atoms with E-state index in [1.165, 1.54) is 17.7 Å². The molecule has 11 heteroatoms. The van der Waals surface area contributed by atoms with E-state index in [9.17, 15) is 9.59 Å². The monoisotopic (exact) mass is 494 g/mol. The van der Waals surface area contributed by atoms with Crippen LogP contribution in [-0.4, -0.2) is 60.9 Å². The van der Waals surface area contributed by atoms with Crippen molar-refractivity contribution in [2.75, 3.05) is 30.3 Å². The minimum Gasteiger partial charge on any atom is -0.324 e. The molecule has 10 nitrogen and oxygen atoms in total. The van der Waals surface area contributed by atoms with Crippen LogP contribution in [0.25, 0.3) is 15.3 Å². The van der Waals surface area contributed by atoms with Crippen LogP contribution < -0.4 is 10.6 Å². The molecule has 5 rings (SSSR count). The quantitative estimate of drug-likeness (QED) is 0.418. The fourth-order valence-corrected chi connectivity index (χ4v) is 5.42. The van der Waals surface area contributed by atoms with Gasteiger partial charge in [0.1, 0.15) is 11.2 Å². The van der Waals surface area contributed by atoms with Gasteiger partial charge in [-0.25, -0.2) is 14.5 Å². The van der Waals surface area contributed by atoms with Crippen molar-refractivity contribution in [1.29, 1.82) is 0 Å². The standard InChI is InChI=1S/C24H26N8O2S.2H2/c1-14-17(7-25-13-27-14)20-9-32-23(35-20)18(8-28-32)22(34)30-19-5-16(6-26-15(19)2)29-21(33)10-31-11-24(3,4)12-31;;/h5-9,13H,10-12H2,1-4H3,(H,29,33)(H,30,34);2*1H. The number of likely N-dealkylation sites (tertiary alicyclic amines) is 1. The van der Waals surface area contributed by atoms with Crippen LogP contribution in [0.15, 0.2) is 37.2 Å². The highest BCUT2D eigenvalue weighted by Gasteiger charge is 2.34. The Balaban J connectivity index is 0.00000190. The van der Waals surface area contributed by atoms with E-state index in [-0.39, 0.29) is 20.1 Å². The van der Waals surface area contributed by atoms with Crippen molar-refractivity contribution in [3.05, 3.63) is 54.1 Å². The molecule has 4 aromatic rings. The molecule has 0 unspecified atom stereocenters. The molecule has 0 aliphatic carbocycles. The molecule has 2 N–H and O–H groups in total. The van der Waals surface area contributed by atoms with Gasteiger partial charge in [-0.2, -0.15) is 5.10 Å². The summed E-state index contributed by atoms with van der Waals surface area (Å²) >= 11 is 1.45. The number of aromatic nitrogens is 5. The summed E-state index contributed by atoms with van der Waals surface area (Å²) < 4.78 is 1.68. The summed E-state index contributed by atoms with van der Waals surface area (Å²) in [6.45, 7) is 10.2. The van der Waals surface area contributed by atoms with E-state index in [0.717, 1.165) is 29.2 Å². The number of pyridine rings is 1. The number of carbonyl (C=O) groups excluding carboxylic acids is 2. The molecule has 1 fully saturated rings. The van der Waals surface area contributed by atoms with Crippen LogP contribution in [0.3, 0.4) is 0 Å². The van der Waals surface area contributed by atoms with Gasteiger partial charge >= 0.3 is 0 Å². The van der Waals surface area contributed by atoms with E-state index in [2.05, 4.69) is 49.4 Å². The third-order valence-electron chi connectivity index (χ3n) is 5.91. The van der Waals surface area contributed by atoms with Crippen LogP contribution >= 0.6 is 11.3 Å². The number of hydrogen-bond acceptors (Lipinski definition) is 8. The topological polar surface area (TPSA) is 117 Å². The molecule has 0 bridgehead atoms. The Bertz CT molecular complexity index is 1440. The number of nitrogens with one attached hydrogen (secondary N) is 2. The molecule has 1 aliphatic heterocycles. The first-order valence-corrected chi connectivity index (χ1v) is 12.0. The fourth-order valence-electron chi connectivity index (χ4n) is 4.30. The highest BCUT2D eigenvalue weighted by molar-refractivity contribution is 7.21. The van der Waals surface area contributed by atoms with Crippen molar-refractivity contribution in [3.63, 3.8) is 0 Å². The van der Waals surface area contributed by atoms with Gasteiger partial charge in [0, 0.05) is 39.6 Å². The van der Waals surface area contributed by atoms with Crippen LogP contribution in [0.4, 0.5) is 11.4 Å². The maximum absolute atomic E-state index is 13.1. The van der Waals surface area contributed by atoms with E-state index in [1.54, 1.807) is 36.1 Å². The highest BCUT2D eigenvalue weighted by Crippen LogP contribution is 2.32. The van der Waals surface area contributed by atoms with Gasteiger partial charge in [-0.1, -0.05) is 13.8 Å². The number of fused-ring (bicyclic) bond motifs is 1. The van der Waals surface area contributed by atoms with Gasteiger partial charge in [0.2, 0.25) is 5.91 Å². The second kappa shape index (κ2) is 8.82. The predicted molar refractivity (Wildman–Crippen MR) is 139 cm³/mol. The first kappa shape index (κ1) is 23.1. The summed E-state index contributed by atoms with van der Waals surface area (Å²) in [5.41, 5.74) is 4.18. The molecule has 0 aromatic carbocycles. The van der Waals surface area contributed by atoms with Crippen molar-refractivity contribution >= 4 is 39.4 Å². The molecule has 4 aromatic heterocycles. The summed E-state index contributed by atoms with van der Waals surface area (Å²) in [4.78, 5) is 42.0. The molecule has 5 heterocycles. The number of nitrogens with zero attached hydrogens (tertiary/aromatic N) is 6. The molecule has 0 radical (unpaired) electrons. The van der Waals surface area contributed by atoms with Gasteiger partial charge in [0.15, 0.2) is 0 Å². The lowest BCUT2D eigenvalue weighted by Gasteiger charge is -2.45. The number of thiazole rings is 1. The van der Waals surface area contributed by atoms with E-state index in [4.69, 9.17) is 0 Å². The van der Waals surface area contributed by atoms with Crippen molar-refractivity contribution in [3.8, 4) is 10.4 Å². The minimum atomic E-state index is -0.300. The zero-order chi connectivity index (χ0) is 24.7. The molecule has 184 valence electrons. The Morgan fingerprint density at radius 1 is 1.11 bits per heavy atom. The minimum absolute atomic E-state index is 0. The molecular formula is C24H30N8O2S. The summed E-state index contributed by atoms with van der Waals surface area (Å²) in [6.07, 6.45) is 8.27. The molecular weight excluding hydrogens is 464 g/mol. The third kappa shape index (κ3) is 4.77. The summed E-state index contributed by atoms with van der Waals surface area (Å²) in [7, 11) is 0. The largest absolute Gasteiger partial charge is 0.324 e. The summed E-state index contributed by atoms with van der Waals surface area (Å²) in [5.74, 6) is -0.404. The Morgan fingerprint density at radius 2 is 1.91 bits per heavy atom. The smallest absolute Gasteiger partial charge is 0.260 e. The van der Waals surface area contributed by atoms with Crippen LogP contribution in [0.2, 0.25) is 0 Å². The lowest BCUT2D eigenvalue weighted by molar-refractivity contribution is -0.120. The second-order valence-corrected chi connectivity index (χ2v) is 10.6. The maximum atomic E-state index is 13.1. The van der Waals surface area contributed by atoms with Crippen molar-refractivity contribution in [1.82, 2.24) is 29.5 Å². The lowest BCUT2D eigenvalue weighted by atomic mass is 9.84. The molecule has 2 amide bonds.